The predicted octanol–water partition coefficient (Wildman–Crippen LogP) is 6.42. The van der Waals surface area contributed by atoms with Gasteiger partial charge in [0.2, 0.25) is 5.91 Å². The average Bonchev–Trinajstić information content (AvgIpc) is 3.08. The van der Waals surface area contributed by atoms with Crippen LogP contribution in [0.4, 0.5) is 0 Å². The van der Waals surface area contributed by atoms with Crippen LogP contribution in [0, 0.1) is 22.2 Å². The third-order valence-electron chi connectivity index (χ3n) is 9.31. The molecule has 5 rings (SSSR count). The minimum atomic E-state index is -1.09. The lowest BCUT2D eigenvalue weighted by molar-refractivity contribution is -0.145. The van der Waals surface area contributed by atoms with Crippen LogP contribution >= 0.6 is 11.6 Å². The number of rotatable bonds is 11. The Kier molecular flexibility index (Phi) is 10.3. The summed E-state index contributed by atoms with van der Waals surface area (Å²) in [5.41, 5.74) is 2.07. The summed E-state index contributed by atoms with van der Waals surface area (Å²) in [6.45, 7) is 5.12. The molecule has 47 heavy (non-hydrogen) atoms. The van der Waals surface area contributed by atoms with Gasteiger partial charge in [-0.25, -0.2) is 0 Å². The molecule has 2 aromatic carbocycles. The van der Waals surface area contributed by atoms with Crippen molar-refractivity contribution in [2.45, 2.75) is 52.3 Å². The van der Waals surface area contributed by atoms with Gasteiger partial charge in [0.25, 0.3) is 0 Å². The van der Waals surface area contributed by atoms with Crippen molar-refractivity contribution in [3.8, 4) is 17.6 Å². The first kappa shape index (κ1) is 33.7. The second kappa shape index (κ2) is 14.4. The van der Waals surface area contributed by atoms with E-state index in [-0.39, 0.29) is 19.1 Å². The Morgan fingerprint density at radius 3 is 2.64 bits per heavy atom. The predicted molar refractivity (Wildman–Crippen MR) is 180 cm³/mol. The monoisotopic (exact) mass is 654 g/mol. The number of pyridine rings is 1. The number of likely N-dealkylation sites (tertiary alicyclic amines) is 1. The molecule has 244 valence electrons. The summed E-state index contributed by atoms with van der Waals surface area (Å²) in [4.78, 5) is 31.8. The van der Waals surface area contributed by atoms with Crippen LogP contribution < -0.4 is 14.8 Å². The number of nitriles is 1. The molecule has 0 spiro atoms. The number of carboxylic acids is 1. The Morgan fingerprint density at radius 2 is 1.91 bits per heavy atom. The number of aliphatic carboxylic acids is 1. The maximum atomic E-state index is 13.7. The lowest BCUT2D eigenvalue weighted by Crippen LogP contribution is -2.53. The first-order valence-electron chi connectivity index (χ1n) is 15.7. The molecule has 2 heterocycles. The summed E-state index contributed by atoms with van der Waals surface area (Å²) in [6.07, 6.45) is 11.2. The van der Waals surface area contributed by atoms with Crippen molar-refractivity contribution in [3.05, 3.63) is 106 Å². The van der Waals surface area contributed by atoms with Gasteiger partial charge in [0, 0.05) is 48.6 Å². The van der Waals surface area contributed by atoms with Gasteiger partial charge in [-0.2, -0.15) is 5.26 Å². The third-order valence-corrected chi connectivity index (χ3v) is 9.61. The van der Waals surface area contributed by atoms with E-state index in [2.05, 4.69) is 16.4 Å². The van der Waals surface area contributed by atoms with E-state index in [1.165, 1.54) is 6.20 Å². The van der Waals surface area contributed by atoms with E-state index >= 15 is 0 Å². The molecule has 0 radical (unpaired) electrons. The molecule has 0 saturated carbocycles. The number of allylic oxidation sites excluding steroid dienone is 3. The maximum absolute atomic E-state index is 13.7. The molecule has 1 amide bonds. The van der Waals surface area contributed by atoms with E-state index in [1.807, 2.05) is 67.3 Å². The lowest BCUT2D eigenvalue weighted by atomic mass is 9.58. The zero-order chi connectivity index (χ0) is 33.6. The highest BCUT2D eigenvalue weighted by Gasteiger charge is 2.53. The molecule has 1 aliphatic carbocycles. The number of hydrogen-bond acceptors (Lipinski definition) is 7. The number of amides is 1. The zero-order valence-corrected chi connectivity index (χ0v) is 27.6. The molecular weight excluding hydrogens is 616 g/mol. The van der Waals surface area contributed by atoms with Crippen LogP contribution in [0.3, 0.4) is 0 Å². The largest absolute Gasteiger partial charge is 0.490 e. The van der Waals surface area contributed by atoms with E-state index in [0.717, 1.165) is 24.0 Å². The lowest BCUT2D eigenvalue weighted by Gasteiger charge is -2.46. The van der Waals surface area contributed by atoms with Crippen LogP contribution in [-0.2, 0) is 22.7 Å². The van der Waals surface area contributed by atoms with Gasteiger partial charge in [0.15, 0.2) is 0 Å². The van der Waals surface area contributed by atoms with E-state index in [1.54, 1.807) is 31.4 Å². The standard InChI is InChI=1S/C37H39ClN4O5/c1-36(2)29(27-10-5-4-6-11-27)12-9-14-37(36,35(45)40-3)24-47-33-18-32(46-23-26-16-25(19-39)20-41-21-26)28(17-30(33)38)22-42-15-8-7-13-31(42)34(43)44/h4-6,9-12,14,16-18,20-21,31H,7-8,13,15,22-24H2,1-3H3,(H,40,45)(H,43,44)/t31-,37?/m0/s1. The van der Waals surface area contributed by atoms with Crippen molar-refractivity contribution in [2.24, 2.45) is 10.8 Å². The number of carbonyl (C=O) groups excluding carboxylic acids is 1. The minimum Gasteiger partial charge on any atom is -0.490 e. The smallest absolute Gasteiger partial charge is 0.320 e. The van der Waals surface area contributed by atoms with Crippen LogP contribution in [0.25, 0.3) is 5.57 Å². The highest BCUT2D eigenvalue weighted by Crippen LogP contribution is 2.52. The van der Waals surface area contributed by atoms with Crippen molar-refractivity contribution in [1.29, 1.82) is 5.26 Å². The number of ether oxygens (including phenoxy) is 2. The SMILES string of the molecule is CNC(=O)C1(COc2cc(OCc3cncc(C#N)c3)c(CN3CCCC[C@H]3C(=O)O)cc2Cl)C=CC=C(c2ccccc2)C1(C)C. The molecule has 1 aliphatic heterocycles. The van der Waals surface area contributed by atoms with Crippen molar-refractivity contribution in [3.63, 3.8) is 0 Å². The van der Waals surface area contributed by atoms with E-state index in [4.69, 9.17) is 21.1 Å². The van der Waals surface area contributed by atoms with Gasteiger partial charge in [-0.3, -0.25) is 19.5 Å². The molecule has 2 aliphatic rings. The molecule has 1 fully saturated rings. The normalized spacial score (nSPS) is 20.5. The highest BCUT2D eigenvalue weighted by atomic mass is 35.5. The van der Waals surface area contributed by atoms with Gasteiger partial charge in [0.1, 0.15) is 42.2 Å². The van der Waals surface area contributed by atoms with Crippen LogP contribution in [0.5, 0.6) is 11.5 Å². The fourth-order valence-corrected chi connectivity index (χ4v) is 6.76. The summed E-state index contributed by atoms with van der Waals surface area (Å²) in [5, 5.41) is 22.4. The summed E-state index contributed by atoms with van der Waals surface area (Å²) < 4.78 is 12.7. The fourth-order valence-electron chi connectivity index (χ4n) is 6.52. The van der Waals surface area contributed by atoms with Crippen LogP contribution in [0.15, 0.2) is 79.2 Å². The van der Waals surface area contributed by atoms with Crippen molar-refractivity contribution >= 4 is 29.1 Å². The summed E-state index contributed by atoms with van der Waals surface area (Å²) in [7, 11) is 1.61. The van der Waals surface area contributed by atoms with Gasteiger partial charge in [-0.05, 0) is 42.7 Å². The maximum Gasteiger partial charge on any atom is 0.320 e. The van der Waals surface area contributed by atoms with Gasteiger partial charge in [-0.15, -0.1) is 0 Å². The number of hydrogen-bond donors (Lipinski definition) is 2. The topological polar surface area (TPSA) is 125 Å². The minimum absolute atomic E-state index is 0.0137. The Morgan fingerprint density at radius 1 is 1.13 bits per heavy atom. The van der Waals surface area contributed by atoms with E-state index < -0.39 is 22.8 Å². The second-order valence-electron chi connectivity index (χ2n) is 12.5. The number of carbonyl (C=O) groups is 2. The van der Waals surface area contributed by atoms with Crippen molar-refractivity contribution in [2.75, 3.05) is 20.2 Å². The fraction of sp³-hybridized carbons (Fsp3) is 0.351. The Balaban J connectivity index is 1.48. The summed E-state index contributed by atoms with van der Waals surface area (Å²) in [6, 6.07) is 16.6. The second-order valence-corrected chi connectivity index (χ2v) is 12.9. The van der Waals surface area contributed by atoms with Gasteiger partial charge in [-0.1, -0.05) is 80.4 Å². The van der Waals surface area contributed by atoms with Crippen LogP contribution in [0.1, 0.15) is 55.4 Å². The van der Waals surface area contributed by atoms with Crippen LogP contribution in [-0.4, -0.2) is 53.1 Å². The molecule has 0 bridgehead atoms. The van der Waals surface area contributed by atoms with Crippen molar-refractivity contribution < 1.29 is 24.2 Å². The van der Waals surface area contributed by atoms with Gasteiger partial charge in [0.05, 0.1) is 10.6 Å². The summed E-state index contributed by atoms with van der Waals surface area (Å²) >= 11 is 6.86. The molecular formula is C37H39ClN4O5. The number of aromatic nitrogens is 1. The zero-order valence-electron chi connectivity index (χ0n) is 26.8. The quantitative estimate of drug-likeness (QED) is 0.243. The van der Waals surface area contributed by atoms with E-state index in [0.29, 0.717) is 52.7 Å². The Bertz CT molecular complexity index is 1730. The van der Waals surface area contributed by atoms with Crippen LogP contribution in [0.2, 0.25) is 5.02 Å². The molecule has 1 aromatic heterocycles. The molecule has 2 atom stereocenters. The molecule has 9 nitrogen and oxygen atoms in total. The number of nitrogens with zero attached hydrogens (tertiary/aromatic N) is 3. The number of piperidine rings is 1. The third kappa shape index (κ3) is 7.04. The molecule has 3 aromatic rings. The highest BCUT2D eigenvalue weighted by molar-refractivity contribution is 6.32. The first-order valence-corrected chi connectivity index (χ1v) is 16.0. The first-order chi connectivity index (χ1) is 22.6. The van der Waals surface area contributed by atoms with Crippen molar-refractivity contribution in [1.82, 2.24) is 15.2 Å². The molecule has 2 N–H and O–H groups in total. The average molecular weight is 655 g/mol. The van der Waals surface area contributed by atoms with Gasteiger partial charge < -0.3 is 19.9 Å². The molecule has 1 unspecified atom stereocenters. The summed E-state index contributed by atoms with van der Waals surface area (Å²) in [5.74, 6) is -0.270. The molecule has 1 saturated heterocycles. The number of nitrogens with one attached hydrogen (secondary N) is 1. The number of carboxylic acid groups (broad SMARTS) is 1. The number of halogens is 1. The Hall–Kier alpha value is -4.65. The van der Waals surface area contributed by atoms with E-state index in [9.17, 15) is 20.0 Å². The molecule has 10 heteroatoms. The Labute approximate surface area is 280 Å². The number of benzene rings is 2. The van der Waals surface area contributed by atoms with Gasteiger partial charge >= 0.3 is 5.97 Å².